The van der Waals surface area contributed by atoms with Crippen LogP contribution in [0.4, 0.5) is 0 Å². The normalized spacial score (nSPS) is 10.6. The van der Waals surface area contributed by atoms with Gasteiger partial charge in [-0.2, -0.15) is 0 Å². The van der Waals surface area contributed by atoms with Crippen LogP contribution >= 0.6 is 0 Å². The molecule has 160 valence electrons. The lowest BCUT2D eigenvalue weighted by Crippen LogP contribution is -1.96. The molecule has 0 aliphatic heterocycles. The van der Waals surface area contributed by atoms with Gasteiger partial charge in [-0.25, -0.2) is 0 Å². The molecule has 2 aromatic carbocycles. The van der Waals surface area contributed by atoms with Gasteiger partial charge in [-0.3, -0.25) is 0 Å². The first-order valence-electron chi connectivity index (χ1n) is 11.5. The number of hydrogen-bond donors (Lipinski definition) is 0. The Balaban J connectivity index is 1.72. The van der Waals surface area contributed by atoms with Crippen molar-refractivity contribution in [2.24, 2.45) is 0 Å². The van der Waals surface area contributed by atoms with E-state index in [0.717, 1.165) is 48.7 Å². The van der Waals surface area contributed by atoms with Crippen molar-refractivity contribution in [3.05, 3.63) is 65.7 Å². The Bertz CT molecular complexity index is 776. The van der Waals surface area contributed by atoms with Gasteiger partial charge in [-0.15, -0.1) is 0 Å². The lowest BCUT2D eigenvalue weighted by atomic mass is 10.2. The van der Waals surface area contributed by atoms with Crippen LogP contribution in [-0.4, -0.2) is 13.2 Å². The monoisotopic (exact) mass is 404 g/mol. The predicted molar refractivity (Wildman–Crippen MR) is 128 cm³/mol. The van der Waals surface area contributed by atoms with E-state index >= 15 is 0 Å². The van der Waals surface area contributed by atoms with Crippen molar-refractivity contribution < 1.29 is 9.47 Å². The fourth-order valence-electron chi connectivity index (χ4n) is 3.01. The summed E-state index contributed by atoms with van der Waals surface area (Å²) < 4.78 is 11.5. The maximum absolute atomic E-state index is 5.78. The minimum atomic E-state index is 0.788. The van der Waals surface area contributed by atoms with Crippen molar-refractivity contribution in [2.45, 2.75) is 65.2 Å². The molecule has 2 heteroatoms. The number of ether oxygens (including phenoxy) is 2. The molecule has 2 rings (SSSR count). The highest BCUT2D eigenvalue weighted by Gasteiger charge is 1.95. The van der Waals surface area contributed by atoms with E-state index in [2.05, 4.69) is 37.8 Å². The summed E-state index contributed by atoms with van der Waals surface area (Å²) >= 11 is 0. The Hall–Kier alpha value is -2.66. The smallest absolute Gasteiger partial charge is 0.119 e. The van der Waals surface area contributed by atoms with Crippen molar-refractivity contribution in [3.8, 4) is 23.3 Å². The quantitative estimate of drug-likeness (QED) is 0.252. The third kappa shape index (κ3) is 10.2. The van der Waals surface area contributed by atoms with Crippen LogP contribution in [0.1, 0.15) is 76.3 Å². The van der Waals surface area contributed by atoms with Gasteiger partial charge < -0.3 is 9.47 Å². The van der Waals surface area contributed by atoms with Crippen molar-refractivity contribution in [2.75, 3.05) is 13.2 Å². The Morgan fingerprint density at radius 3 is 1.73 bits per heavy atom. The molecule has 2 aromatic rings. The van der Waals surface area contributed by atoms with E-state index in [1.165, 1.54) is 38.5 Å². The first kappa shape index (κ1) is 23.6. The van der Waals surface area contributed by atoms with E-state index in [1.54, 1.807) is 0 Å². The summed E-state index contributed by atoms with van der Waals surface area (Å²) in [6.07, 6.45) is 13.7. The summed E-state index contributed by atoms with van der Waals surface area (Å²) in [5.74, 6) is 8.12. The molecule has 2 nitrogen and oxygen atoms in total. The highest BCUT2D eigenvalue weighted by molar-refractivity contribution is 5.54. The number of allylic oxidation sites excluding steroid dienone is 1. The summed E-state index contributed by atoms with van der Waals surface area (Å²) in [7, 11) is 0. The van der Waals surface area contributed by atoms with Crippen molar-refractivity contribution >= 4 is 6.08 Å². The molecule has 0 unspecified atom stereocenters. The first-order chi connectivity index (χ1) is 14.8. The third-order valence-corrected chi connectivity index (χ3v) is 4.84. The van der Waals surface area contributed by atoms with Crippen LogP contribution in [0.5, 0.6) is 11.5 Å². The van der Waals surface area contributed by atoms with E-state index in [0.29, 0.717) is 0 Å². The van der Waals surface area contributed by atoms with E-state index < -0.39 is 0 Å². The molecule has 0 aliphatic carbocycles. The molecule has 0 N–H and O–H groups in total. The van der Waals surface area contributed by atoms with E-state index in [9.17, 15) is 0 Å². The Labute approximate surface area is 183 Å². The zero-order valence-corrected chi connectivity index (χ0v) is 18.7. The molecular weight excluding hydrogens is 368 g/mol. The molecule has 0 spiro atoms. The van der Waals surface area contributed by atoms with Crippen LogP contribution in [0.2, 0.25) is 0 Å². The molecule has 0 saturated carbocycles. The summed E-state index contributed by atoms with van der Waals surface area (Å²) in [6, 6.07) is 16.2. The summed E-state index contributed by atoms with van der Waals surface area (Å²) in [4.78, 5) is 0. The first-order valence-corrected chi connectivity index (χ1v) is 11.5. The van der Waals surface area contributed by atoms with Gasteiger partial charge in [-0.05, 0) is 67.0 Å². The van der Waals surface area contributed by atoms with Crippen LogP contribution in [0.15, 0.2) is 54.6 Å². The van der Waals surface area contributed by atoms with Crippen LogP contribution in [0, 0.1) is 11.8 Å². The van der Waals surface area contributed by atoms with Crippen molar-refractivity contribution in [1.82, 2.24) is 0 Å². The standard InChI is InChI=1S/C28H36O2/c1-3-5-7-11-23-29-27-19-15-25(16-20-27)13-9-10-14-26-17-21-28(22-18-26)30-24-12-8-6-4-2/h9,13,15-22H,3-8,11-12,23-24H2,1-2H3/b13-9-. The molecule has 0 aromatic heterocycles. The van der Waals surface area contributed by atoms with Gasteiger partial charge in [0.15, 0.2) is 0 Å². The molecule has 0 amide bonds. The van der Waals surface area contributed by atoms with Crippen molar-refractivity contribution in [3.63, 3.8) is 0 Å². The van der Waals surface area contributed by atoms with Gasteiger partial charge in [0.05, 0.1) is 13.2 Å². The molecule has 0 bridgehead atoms. The fourth-order valence-corrected chi connectivity index (χ4v) is 3.01. The molecule has 0 heterocycles. The van der Waals surface area contributed by atoms with E-state index in [-0.39, 0.29) is 0 Å². The van der Waals surface area contributed by atoms with Crippen LogP contribution in [0.3, 0.4) is 0 Å². The lowest BCUT2D eigenvalue weighted by molar-refractivity contribution is 0.305. The van der Waals surface area contributed by atoms with Gasteiger partial charge in [-0.1, -0.05) is 76.3 Å². The number of benzene rings is 2. The van der Waals surface area contributed by atoms with Crippen LogP contribution in [-0.2, 0) is 0 Å². The highest BCUT2D eigenvalue weighted by atomic mass is 16.5. The maximum Gasteiger partial charge on any atom is 0.119 e. The zero-order chi connectivity index (χ0) is 21.3. The predicted octanol–water partition coefficient (Wildman–Crippen LogP) is 7.67. The van der Waals surface area contributed by atoms with Gasteiger partial charge >= 0.3 is 0 Å². The second-order valence-corrected chi connectivity index (χ2v) is 7.51. The molecule has 0 fully saturated rings. The summed E-state index contributed by atoms with van der Waals surface area (Å²) in [5, 5.41) is 0. The topological polar surface area (TPSA) is 18.5 Å². The summed E-state index contributed by atoms with van der Waals surface area (Å²) in [6.45, 7) is 6.02. The Kier molecular flexibility index (Phi) is 12.0. The van der Waals surface area contributed by atoms with Crippen LogP contribution in [0.25, 0.3) is 6.08 Å². The number of hydrogen-bond acceptors (Lipinski definition) is 2. The largest absolute Gasteiger partial charge is 0.494 e. The molecule has 0 radical (unpaired) electrons. The molecule has 0 aliphatic rings. The fraction of sp³-hybridized carbons (Fsp3) is 0.429. The van der Waals surface area contributed by atoms with Crippen molar-refractivity contribution in [1.29, 1.82) is 0 Å². The summed E-state index contributed by atoms with van der Waals surface area (Å²) in [5.41, 5.74) is 2.11. The zero-order valence-electron chi connectivity index (χ0n) is 18.7. The SMILES string of the molecule is CCCCCCOc1ccc(C#C/C=C\c2ccc(OCCCCCC)cc2)cc1. The lowest BCUT2D eigenvalue weighted by Gasteiger charge is -2.05. The minimum absolute atomic E-state index is 0.788. The molecule has 30 heavy (non-hydrogen) atoms. The average Bonchev–Trinajstić information content (AvgIpc) is 2.78. The molecule has 0 saturated heterocycles. The Morgan fingerprint density at radius 1 is 0.667 bits per heavy atom. The van der Waals surface area contributed by atoms with Gasteiger partial charge in [0, 0.05) is 5.56 Å². The average molecular weight is 405 g/mol. The van der Waals surface area contributed by atoms with Crippen LogP contribution < -0.4 is 9.47 Å². The molecule has 0 atom stereocenters. The second kappa shape index (κ2) is 15.2. The van der Waals surface area contributed by atoms with E-state index in [1.807, 2.05) is 48.6 Å². The third-order valence-electron chi connectivity index (χ3n) is 4.84. The van der Waals surface area contributed by atoms with Gasteiger partial charge in [0.1, 0.15) is 11.5 Å². The number of rotatable bonds is 13. The van der Waals surface area contributed by atoms with E-state index in [4.69, 9.17) is 9.47 Å². The number of unbranched alkanes of at least 4 members (excludes halogenated alkanes) is 6. The highest BCUT2D eigenvalue weighted by Crippen LogP contribution is 2.15. The Morgan fingerprint density at radius 2 is 1.20 bits per heavy atom. The van der Waals surface area contributed by atoms with Gasteiger partial charge in [0.2, 0.25) is 0 Å². The maximum atomic E-state index is 5.78. The minimum Gasteiger partial charge on any atom is -0.494 e. The second-order valence-electron chi connectivity index (χ2n) is 7.51. The molecular formula is C28H36O2. The van der Waals surface area contributed by atoms with Gasteiger partial charge in [0.25, 0.3) is 0 Å².